The van der Waals surface area contributed by atoms with Gasteiger partial charge >= 0.3 is 5.97 Å². The molecule has 0 saturated heterocycles. The van der Waals surface area contributed by atoms with E-state index in [4.69, 9.17) is 9.15 Å². The number of oxazole rings is 1. The van der Waals surface area contributed by atoms with E-state index in [1.165, 1.54) is 13.8 Å². The molecule has 0 atom stereocenters. The number of hydrogen-bond donors (Lipinski definition) is 1. The van der Waals surface area contributed by atoms with E-state index in [1.54, 1.807) is 6.07 Å². The van der Waals surface area contributed by atoms with E-state index in [2.05, 4.69) is 16.8 Å². The van der Waals surface area contributed by atoms with Gasteiger partial charge in [-0.2, -0.15) is 4.98 Å². The lowest BCUT2D eigenvalue weighted by Crippen LogP contribution is -2.37. The van der Waals surface area contributed by atoms with E-state index in [-0.39, 0.29) is 0 Å². The van der Waals surface area contributed by atoms with Crippen LogP contribution < -0.4 is 9.64 Å². The molecule has 27 heavy (non-hydrogen) atoms. The fourth-order valence-electron chi connectivity index (χ4n) is 2.77. The Hall–Kier alpha value is -3.02. The average Bonchev–Trinajstić information content (AvgIpc) is 3.05. The molecule has 0 amide bonds. The summed E-state index contributed by atoms with van der Waals surface area (Å²) in [4.78, 5) is 17.9. The summed E-state index contributed by atoms with van der Waals surface area (Å²) in [5.74, 6) is -0.485. The first-order valence-electron chi connectivity index (χ1n) is 9.01. The third-order valence-electron chi connectivity index (χ3n) is 4.21. The summed E-state index contributed by atoms with van der Waals surface area (Å²) < 4.78 is 11.5. The smallest absolute Gasteiger partial charge is 0.347 e. The van der Waals surface area contributed by atoms with Crippen LogP contribution in [-0.2, 0) is 11.3 Å². The van der Waals surface area contributed by atoms with E-state index in [9.17, 15) is 9.90 Å². The van der Waals surface area contributed by atoms with Gasteiger partial charge in [0.15, 0.2) is 11.2 Å². The molecule has 2 aromatic carbocycles. The number of hydrogen-bond acceptors (Lipinski definition) is 5. The van der Waals surface area contributed by atoms with Gasteiger partial charge < -0.3 is 19.2 Å². The standard InChI is InChI=1S/C21H24N2O4/c1-4-12-23(20-22-17-10-5-6-11-18(17)26-20)14-15-8-7-9-16(13-15)27-21(2,3)19(24)25/h5-11,13H,4,12,14H2,1-3H3,(H,24,25). The van der Waals surface area contributed by atoms with Crippen molar-refractivity contribution in [2.45, 2.75) is 39.3 Å². The number of nitrogens with zero attached hydrogens (tertiary/aromatic N) is 2. The van der Waals surface area contributed by atoms with Crippen molar-refractivity contribution >= 4 is 23.1 Å². The van der Waals surface area contributed by atoms with Gasteiger partial charge in [-0.25, -0.2) is 4.79 Å². The molecule has 0 aliphatic heterocycles. The van der Waals surface area contributed by atoms with Crippen LogP contribution in [0, 0.1) is 0 Å². The van der Waals surface area contributed by atoms with E-state index < -0.39 is 11.6 Å². The van der Waals surface area contributed by atoms with Crippen molar-refractivity contribution in [3.63, 3.8) is 0 Å². The van der Waals surface area contributed by atoms with Crippen LogP contribution in [0.4, 0.5) is 6.01 Å². The van der Waals surface area contributed by atoms with Gasteiger partial charge in [-0.15, -0.1) is 0 Å². The van der Waals surface area contributed by atoms with Crippen LogP contribution in [0.15, 0.2) is 52.9 Å². The summed E-state index contributed by atoms with van der Waals surface area (Å²) in [5, 5.41) is 9.25. The lowest BCUT2D eigenvalue weighted by atomic mass is 10.1. The molecule has 0 unspecified atom stereocenters. The summed E-state index contributed by atoms with van der Waals surface area (Å²) in [7, 11) is 0. The summed E-state index contributed by atoms with van der Waals surface area (Å²) >= 11 is 0. The molecule has 0 bridgehead atoms. The maximum absolute atomic E-state index is 11.3. The highest BCUT2D eigenvalue weighted by molar-refractivity contribution is 5.76. The van der Waals surface area contributed by atoms with Gasteiger partial charge in [0.05, 0.1) is 0 Å². The van der Waals surface area contributed by atoms with Crippen molar-refractivity contribution in [1.29, 1.82) is 0 Å². The molecule has 0 spiro atoms. The number of rotatable bonds is 8. The second-order valence-electron chi connectivity index (χ2n) is 6.95. The molecule has 0 aliphatic carbocycles. The fraction of sp³-hybridized carbons (Fsp3) is 0.333. The van der Waals surface area contributed by atoms with E-state index >= 15 is 0 Å². The highest BCUT2D eigenvalue weighted by Gasteiger charge is 2.29. The quantitative estimate of drug-likeness (QED) is 0.631. The van der Waals surface area contributed by atoms with Crippen molar-refractivity contribution in [2.24, 2.45) is 0 Å². The average molecular weight is 368 g/mol. The summed E-state index contributed by atoms with van der Waals surface area (Å²) in [6.07, 6.45) is 0.945. The molecule has 0 saturated carbocycles. The maximum atomic E-state index is 11.3. The van der Waals surface area contributed by atoms with E-state index in [0.717, 1.165) is 29.6 Å². The normalized spacial score (nSPS) is 11.5. The van der Waals surface area contributed by atoms with Crippen molar-refractivity contribution in [3.8, 4) is 5.75 Å². The van der Waals surface area contributed by atoms with Gasteiger partial charge in [0, 0.05) is 13.1 Å². The Morgan fingerprint density at radius 3 is 2.70 bits per heavy atom. The van der Waals surface area contributed by atoms with Crippen molar-refractivity contribution in [2.75, 3.05) is 11.4 Å². The zero-order chi connectivity index (χ0) is 19.4. The predicted octanol–water partition coefficient (Wildman–Crippen LogP) is 4.49. The molecular weight excluding hydrogens is 344 g/mol. The second-order valence-corrected chi connectivity index (χ2v) is 6.95. The lowest BCUT2D eigenvalue weighted by molar-refractivity contribution is -0.152. The Bertz CT molecular complexity index is 900. The fourth-order valence-corrected chi connectivity index (χ4v) is 2.77. The van der Waals surface area contributed by atoms with Gasteiger partial charge in [0.25, 0.3) is 6.01 Å². The minimum absolute atomic E-state index is 0.522. The van der Waals surface area contributed by atoms with Crippen LogP contribution in [0.1, 0.15) is 32.8 Å². The Labute approximate surface area is 158 Å². The first-order valence-corrected chi connectivity index (χ1v) is 9.01. The number of aromatic nitrogens is 1. The number of carboxylic acids is 1. The van der Waals surface area contributed by atoms with Gasteiger partial charge in [0.1, 0.15) is 11.3 Å². The monoisotopic (exact) mass is 368 g/mol. The van der Waals surface area contributed by atoms with Crippen LogP contribution in [-0.4, -0.2) is 28.2 Å². The first kappa shape index (κ1) is 18.8. The number of carbonyl (C=O) groups is 1. The van der Waals surface area contributed by atoms with Gasteiger partial charge in [-0.05, 0) is 50.1 Å². The molecule has 1 heterocycles. The van der Waals surface area contributed by atoms with Gasteiger partial charge in [-0.1, -0.05) is 31.2 Å². The predicted molar refractivity (Wildman–Crippen MR) is 104 cm³/mol. The molecule has 6 nitrogen and oxygen atoms in total. The minimum atomic E-state index is -1.29. The highest BCUT2D eigenvalue weighted by atomic mass is 16.5. The molecule has 0 aliphatic rings. The van der Waals surface area contributed by atoms with Crippen molar-refractivity contribution < 1.29 is 19.1 Å². The topological polar surface area (TPSA) is 75.8 Å². The maximum Gasteiger partial charge on any atom is 0.347 e. The molecule has 1 N–H and O–H groups in total. The number of ether oxygens (including phenoxy) is 1. The van der Waals surface area contributed by atoms with Crippen LogP contribution in [0.2, 0.25) is 0 Å². The van der Waals surface area contributed by atoms with E-state index in [1.807, 2.05) is 42.5 Å². The first-order chi connectivity index (χ1) is 12.9. The number of aliphatic carboxylic acids is 1. The van der Waals surface area contributed by atoms with Gasteiger partial charge in [-0.3, -0.25) is 0 Å². The zero-order valence-corrected chi connectivity index (χ0v) is 15.8. The molecule has 6 heteroatoms. The third kappa shape index (κ3) is 4.39. The number of carboxylic acid groups (broad SMARTS) is 1. The minimum Gasteiger partial charge on any atom is -0.478 e. The molecule has 3 rings (SSSR count). The molecule has 0 radical (unpaired) electrons. The molecule has 1 aromatic heterocycles. The van der Waals surface area contributed by atoms with Crippen LogP contribution in [0.3, 0.4) is 0 Å². The Morgan fingerprint density at radius 2 is 2.00 bits per heavy atom. The summed E-state index contributed by atoms with van der Waals surface area (Å²) in [5.41, 5.74) is 1.29. The van der Waals surface area contributed by atoms with E-state index in [0.29, 0.717) is 18.3 Å². The lowest BCUT2D eigenvalue weighted by Gasteiger charge is -2.23. The molecule has 142 valence electrons. The SMILES string of the molecule is CCCN(Cc1cccc(OC(C)(C)C(=O)O)c1)c1nc2ccccc2o1. The molecular formula is C21H24N2O4. The van der Waals surface area contributed by atoms with Crippen LogP contribution >= 0.6 is 0 Å². The van der Waals surface area contributed by atoms with Crippen molar-refractivity contribution in [1.82, 2.24) is 4.98 Å². The second kappa shape index (κ2) is 7.70. The zero-order valence-electron chi connectivity index (χ0n) is 15.8. The molecule has 0 fully saturated rings. The highest BCUT2D eigenvalue weighted by Crippen LogP contribution is 2.25. The summed E-state index contributed by atoms with van der Waals surface area (Å²) in [6.45, 7) is 6.54. The Kier molecular flexibility index (Phi) is 5.35. The number of benzene rings is 2. The van der Waals surface area contributed by atoms with Crippen LogP contribution in [0.25, 0.3) is 11.1 Å². The number of para-hydroxylation sites is 2. The Morgan fingerprint density at radius 1 is 1.22 bits per heavy atom. The largest absolute Gasteiger partial charge is 0.478 e. The van der Waals surface area contributed by atoms with Crippen LogP contribution in [0.5, 0.6) is 5.75 Å². The molecule has 3 aromatic rings. The third-order valence-corrected chi connectivity index (χ3v) is 4.21. The number of fused-ring (bicyclic) bond motifs is 1. The van der Waals surface area contributed by atoms with Gasteiger partial charge in [0.2, 0.25) is 0 Å². The Balaban J connectivity index is 1.82. The number of anilines is 1. The van der Waals surface area contributed by atoms with Crippen molar-refractivity contribution in [3.05, 3.63) is 54.1 Å². The summed E-state index contributed by atoms with van der Waals surface area (Å²) in [6, 6.07) is 15.7.